The number of nitrogen functional groups attached to an aromatic ring is 1. The van der Waals surface area contributed by atoms with Crippen LogP contribution in [0.25, 0.3) is 21.8 Å². The van der Waals surface area contributed by atoms with Crippen LogP contribution in [0.3, 0.4) is 0 Å². The molecule has 2 aromatic carbocycles. The second-order valence-corrected chi connectivity index (χ2v) is 5.84. The van der Waals surface area contributed by atoms with Crippen LogP contribution in [0.4, 0.5) is 5.69 Å². The lowest BCUT2D eigenvalue weighted by molar-refractivity contribution is 1.34. The van der Waals surface area contributed by atoms with E-state index in [0.29, 0.717) is 0 Å². The van der Waals surface area contributed by atoms with Crippen molar-refractivity contribution in [3.05, 3.63) is 59.0 Å². The predicted molar refractivity (Wildman–Crippen MR) is 86.9 cm³/mol. The van der Waals surface area contributed by atoms with E-state index < -0.39 is 0 Å². The quantitative estimate of drug-likeness (QED) is 0.692. The van der Waals surface area contributed by atoms with Crippen LogP contribution in [0.1, 0.15) is 11.1 Å². The van der Waals surface area contributed by atoms with Crippen LogP contribution in [-0.2, 0) is 0 Å². The van der Waals surface area contributed by atoms with Crippen LogP contribution in [0.15, 0.2) is 47.8 Å². The van der Waals surface area contributed by atoms with Crippen molar-refractivity contribution in [1.82, 2.24) is 4.98 Å². The minimum atomic E-state index is 0.778. The molecule has 0 fully saturated rings. The highest BCUT2D eigenvalue weighted by molar-refractivity contribution is 7.13. The van der Waals surface area contributed by atoms with E-state index in [1.54, 1.807) is 11.3 Å². The fourth-order valence-electron chi connectivity index (χ4n) is 2.17. The molecule has 2 nitrogen and oxygen atoms in total. The van der Waals surface area contributed by atoms with Crippen LogP contribution in [0.2, 0.25) is 0 Å². The molecule has 0 amide bonds. The first-order valence-electron chi connectivity index (χ1n) is 6.52. The Labute approximate surface area is 122 Å². The first-order chi connectivity index (χ1) is 9.63. The minimum Gasteiger partial charge on any atom is -0.399 e. The van der Waals surface area contributed by atoms with E-state index in [1.165, 1.54) is 16.7 Å². The van der Waals surface area contributed by atoms with Gasteiger partial charge in [-0.25, -0.2) is 4.98 Å². The summed E-state index contributed by atoms with van der Waals surface area (Å²) in [6.07, 6.45) is 0. The maximum atomic E-state index is 5.72. The lowest BCUT2D eigenvalue weighted by Crippen LogP contribution is -1.86. The van der Waals surface area contributed by atoms with Gasteiger partial charge in [0.05, 0.1) is 5.69 Å². The zero-order valence-corrected chi connectivity index (χ0v) is 12.4. The average Bonchev–Trinajstić information content (AvgIpc) is 2.92. The first kappa shape index (κ1) is 12.9. The molecule has 1 heterocycles. The van der Waals surface area contributed by atoms with E-state index >= 15 is 0 Å². The van der Waals surface area contributed by atoms with Gasteiger partial charge >= 0.3 is 0 Å². The number of aryl methyl sites for hydroxylation is 2. The van der Waals surface area contributed by atoms with E-state index in [4.69, 9.17) is 10.7 Å². The second-order valence-electron chi connectivity index (χ2n) is 4.98. The number of benzene rings is 2. The lowest BCUT2D eigenvalue weighted by atomic mass is 10.0. The standard InChI is InChI=1S/C17H16N2S/c1-11-3-4-12(2)15(9-11)16-10-20-17(19-16)13-5-7-14(18)8-6-13/h3-10H,18H2,1-2H3. The lowest BCUT2D eigenvalue weighted by Gasteiger charge is -2.03. The largest absolute Gasteiger partial charge is 0.399 e. The Balaban J connectivity index is 2.01. The average molecular weight is 280 g/mol. The monoisotopic (exact) mass is 280 g/mol. The van der Waals surface area contributed by atoms with Crippen molar-refractivity contribution in [2.24, 2.45) is 0 Å². The summed E-state index contributed by atoms with van der Waals surface area (Å²) in [5, 5.41) is 3.15. The highest BCUT2D eigenvalue weighted by atomic mass is 32.1. The van der Waals surface area contributed by atoms with Gasteiger partial charge in [-0.3, -0.25) is 0 Å². The third-order valence-electron chi connectivity index (χ3n) is 3.33. The molecule has 0 aliphatic carbocycles. The Kier molecular flexibility index (Phi) is 3.28. The number of nitrogens with zero attached hydrogens (tertiary/aromatic N) is 1. The Bertz CT molecular complexity index is 742. The molecule has 0 aliphatic heterocycles. The molecule has 0 radical (unpaired) electrons. The van der Waals surface area contributed by atoms with Crippen molar-refractivity contribution in [1.29, 1.82) is 0 Å². The Hall–Kier alpha value is -2.13. The molecule has 0 saturated carbocycles. The molecule has 3 rings (SSSR count). The summed E-state index contributed by atoms with van der Waals surface area (Å²) in [5.41, 5.74) is 12.4. The van der Waals surface area contributed by atoms with Crippen molar-refractivity contribution in [3.63, 3.8) is 0 Å². The Morgan fingerprint density at radius 2 is 1.75 bits per heavy atom. The van der Waals surface area contributed by atoms with Gasteiger partial charge in [0.25, 0.3) is 0 Å². The fourth-order valence-corrected chi connectivity index (χ4v) is 2.99. The normalized spacial score (nSPS) is 10.7. The number of thiazole rings is 1. The molecule has 0 unspecified atom stereocenters. The Morgan fingerprint density at radius 3 is 2.50 bits per heavy atom. The molecule has 100 valence electrons. The second kappa shape index (κ2) is 5.10. The summed E-state index contributed by atoms with van der Waals surface area (Å²) < 4.78 is 0. The van der Waals surface area contributed by atoms with Crippen molar-refractivity contribution in [3.8, 4) is 21.8 Å². The first-order valence-corrected chi connectivity index (χ1v) is 7.40. The molecule has 3 heteroatoms. The molecule has 0 saturated heterocycles. The Morgan fingerprint density at radius 1 is 1.00 bits per heavy atom. The van der Waals surface area contributed by atoms with E-state index in [2.05, 4.69) is 37.4 Å². The van der Waals surface area contributed by atoms with Crippen molar-refractivity contribution in [2.45, 2.75) is 13.8 Å². The number of rotatable bonds is 2. The summed E-state index contributed by atoms with van der Waals surface area (Å²) >= 11 is 1.67. The van der Waals surface area contributed by atoms with Crippen LogP contribution in [-0.4, -0.2) is 4.98 Å². The maximum absolute atomic E-state index is 5.72. The molecule has 0 spiro atoms. The molecular formula is C17H16N2S. The molecular weight excluding hydrogens is 264 g/mol. The van der Waals surface area contributed by atoms with Gasteiger partial charge in [0.2, 0.25) is 0 Å². The van der Waals surface area contributed by atoms with Gasteiger partial charge in [0, 0.05) is 22.2 Å². The smallest absolute Gasteiger partial charge is 0.124 e. The highest BCUT2D eigenvalue weighted by Gasteiger charge is 2.08. The summed E-state index contributed by atoms with van der Waals surface area (Å²) in [5.74, 6) is 0. The third-order valence-corrected chi connectivity index (χ3v) is 4.22. The predicted octanol–water partition coefficient (Wildman–Crippen LogP) is 4.68. The zero-order chi connectivity index (χ0) is 14.1. The summed E-state index contributed by atoms with van der Waals surface area (Å²) in [4.78, 5) is 4.76. The molecule has 0 bridgehead atoms. The van der Waals surface area contributed by atoms with Gasteiger partial charge in [0.15, 0.2) is 0 Å². The molecule has 20 heavy (non-hydrogen) atoms. The van der Waals surface area contributed by atoms with E-state index in [9.17, 15) is 0 Å². The van der Waals surface area contributed by atoms with Crippen LogP contribution in [0, 0.1) is 13.8 Å². The van der Waals surface area contributed by atoms with Gasteiger partial charge in [0.1, 0.15) is 5.01 Å². The highest BCUT2D eigenvalue weighted by Crippen LogP contribution is 2.31. The topological polar surface area (TPSA) is 38.9 Å². The van der Waals surface area contributed by atoms with E-state index in [1.807, 2.05) is 24.3 Å². The summed E-state index contributed by atoms with van der Waals surface area (Å²) in [6, 6.07) is 14.3. The molecule has 0 aliphatic rings. The van der Waals surface area contributed by atoms with E-state index in [0.717, 1.165) is 22.0 Å². The van der Waals surface area contributed by atoms with Crippen molar-refractivity contribution in [2.75, 3.05) is 5.73 Å². The van der Waals surface area contributed by atoms with Gasteiger partial charge < -0.3 is 5.73 Å². The number of hydrogen-bond donors (Lipinski definition) is 1. The molecule has 0 atom stereocenters. The molecule has 3 aromatic rings. The van der Waals surface area contributed by atoms with Crippen LogP contribution < -0.4 is 5.73 Å². The number of aromatic nitrogens is 1. The number of hydrogen-bond acceptors (Lipinski definition) is 3. The zero-order valence-electron chi connectivity index (χ0n) is 11.6. The number of nitrogens with two attached hydrogens (primary N) is 1. The summed E-state index contributed by atoms with van der Waals surface area (Å²) in [7, 11) is 0. The van der Waals surface area contributed by atoms with Crippen molar-refractivity contribution < 1.29 is 0 Å². The van der Waals surface area contributed by atoms with Gasteiger partial charge in [-0.2, -0.15) is 0 Å². The van der Waals surface area contributed by atoms with E-state index in [-0.39, 0.29) is 0 Å². The number of anilines is 1. The van der Waals surface area contributed by atoms with Crippen LogP contribution >= 0.6 is 11.3 Å². The minimum absolute atomic E-state index is 0.778. The maximum Gasteiger partial charge on any atom is 0.124 e. The van der Waals surface area contributed by atoms with Gasteiger partial charge in [-0.1, -0.05) is 17.7 Å². The SMILES string of the molecule is Cc1ccc(C)c(-c2csc(-c3ccc(N)cc3)n2)c1. The molecule has 2 N–H and O–H groups in total. The summed E-state index contributed by atoms with van der Waals surface area (Å²) in [6.45, 7) is 4.23. The van der Waals surface area contributed by atoms with Crippen LogP contribution in [0.5, 0.6) is 0 Å². The van der Waals surface area contributed by atoms with Gasteiger partial charge in [-0.15, -0.1) is 11.3 Å². The molecule has 1 aromatic heterocycles. The van der Waals surface area contributed by atoms with Crippen molar-refractivity contribution >= 4 is 17.0 Å². The van der Waals surface area contributed by atoms with Gasteiger partial charge in [-0.05, 0) is 49.7 Å². The third kappa shape index (κ3) is 2.45. The fraction of sp³-hybridized carbons (Fsp3) is 0.118.